The van der Waals surface area contributed by atoms with Gasteiger partial charge in [-0.2, -0.15) is 0 Å². The molecule has 0 saturated carbocycles. The molecule has 1 unspecified atom stereocenters. The van der Waals surface area contributed by atoms with Crippen LogP contribution in [0, 0.1) is 0 Å². The van der Waals surface area contributed by atoms with Crippen molar-refractivity contribution in [3.05, 3.63) is 65.7 Å². The number of ketones is 1. The Morgan fingerprint density at radius 3 is 2.05 bits per heavy atom. The maximum Gasteiger partial charge on any atom is 0.173 e. The van der Waals surface area contributed by atoms with Gasteiger partial charge in [0.15, 0.2) is 5.78 Å². The highest BCUT2D eigenvalue weighted by Gasteiger charge is 2.36. The molecule has 0 heterocycles. The molecule has 116 valence electrons. The van der Waals surface area contributed by atoms with Crippen molar-refractivity contribution >= 4 is 5.78 Å². The lowest BCUT2D eigenvalue weighted by atomic mass is 9.79. The van der Waals surface area contributed by atoms with Crippen LogP contribution in [0.5, 0.6) is 5.75 Å². The van der Waals surface area contributed by atoms with E-state index in [4.69, 9.17) is 9.47 Å². The number of carbonyl (C=O) groups excluding carboxylic acids is 1. The van der Waals surface area contributed by atoms with E-state index in [1.165, 1.54) is 0 Å². The molecule has 2 aromatic carbocycles. The Hall–Kier alpha value is -2.13. The molecule has 0 amide bonds. The number of ether oxygens (including phenoxy) is 2. The first-order chi connectivity index (χ1) is 10.5. The molecule has 0 fully saturated rings. The van der Waals surface area contributed by atoms with Crippen LogP contribution in [0.4, 0.5) is 0 Å². The van der Waals surface area contributed by atoms with Crippen LogP contribution in [0.3, 0.4) is 0 Å². The first-order valence-electron chi connectivity index (χ1n) is 7.28. The minimum atomic E-state index is -0.599. The summed E-state index contributed by atoms with van der Waals surface area (Å²) >= 11 is 0. The van der Waals surface area contributed by atoms with Crippen molar-refractivity contribution in [1.82, 2.24) is 0 Å². The third-order valence-corrected chi connectivity index (χ3v) is 3.99. The lowest BCUT2D eigenvalue weighted by Crippen LogP contribution is -2.36. The van der Waals surface area contributed by atoms with E-state index in [-0.39, 0.29) is 11.7 Å². The van der Waals surface area contributed by atoms with Crippen LogP contribution in [0.15, 0.2) is 54.6 Å². The van der Waals surface area contributed by atoms with Crippen molar-refractivity contribution in [2.45, 2.75) is 25.4 Å². The normalized spacial score (nSPS) is 12.7. The summed E-state index contributed by atoms with van der Waals surface area (Å²) in [6, 6.07) is 16.9. The fraction of sp³-hybridized carbons (Fsp3) is 0.316. The molecule has 2 aromatic rings. The fourth-order valence-corrected chi connectivity index (χ4v) is 2.55. The number of carbonyl (C=O) groups is 1. The minimum absolute atomic E-state index is 0.0423. The highest BCUT2D eigenvalue weighted by Crippen LogP contribution is 2.34. The zero-order valence-corrected chi connectivity index (χ0v) is 13.5. The third kappa shape index (κ3) is 3.37. The molecule has 0 aliphatic heterocycles. The maximum absolute atomic E-state index is 13.0. The molecule has 0 spiro atoms. The van der Waals surface area contributed by atoms with Crippen molar-refractivity contribution in [3.8, 4) is 5.75 Å². The van der Waals surface area contributed by atoms with Crippen LogP contribution < -0.4 is 4.74 Å². The van der Waals surface area contributed by atoms with Gasteiger partial charge in [0, 0.05) is 12.7 Å². The van der Waals surface area contributed by atoms with Gasteiger partial charge in [-0.05, 0) is 43.7 Å². The maximum atomic E-state index is 13.0. The Bertz CT molecular complexity index is 615. The highest BCUT2D eigenvalue weighted by atomic mass is 16.5. The van der Waals surface area contributed by atoms with Crippen LogP contribution in [-0.2, 0) is 4.74 Å². The largest absolute Gasteiger partial charge is 0.497 e. The molecule has 3 heteroatoms. The molecule has 3 nitrogen and oxygen atoms in total. The molecule has 0 aliphatic carbocycles. The molecule has 0 saturated heterocycles. The molecular formula is C19H22O3. The van der Waals surface area contributed by atoms with Gasteiger partial charge in [-0.3, -0.25) is 4.79 Å². The first-order valence-corrected chi connectivity index (χ1v) is 7.28. The van der Waals surface area contributed by atoms with E-state index in [0.717, 1.165) is 11.3 Å². The van der Waals surface area contributed by atoms with Gasteiger partial charge in [0.1, 0.15) is 5.75 Å². The smallest absolute Gasteiger partial charge is 0.173 e. The van der Waals surface area contributed by atoms with E-state index < -0.39 is 5.60 Å². The monoisotopic (exact) mass is 298 g/mol. The predicted molar refractivity (Wildman–Crippen MR) is 87.6 cm³/mol. The molecule has 0 bridgehead atoms. The molecule has 22 heavy (non-hydrogen) atoms. The predicted octanol–water partition coefficient (Wildman–Crippen LogP) is 4.09. The second kappa shape index (κ2) is 6.75. The number of Topliss-reactive ketones (excluding diaryl/α,β-unsaturated/α-hetero) is 1. The van der Waals surface area contributed by atoms with Gasteiger partial charge in [-0.1, -0.05) is 30.3 Å². The number of hydrogen-bond acceptors (Lipinski definition) is 3. The van der Waals surface area contributed by atoms with Gasteiger partial charge in [0.05, 0.1) is 18.6 Å². The zero-order chi connectivity index (χ0) is 16.2. The van der Waals surface area contributed by atoms with E-state index in [1.807, 2.05) is 44.2 Å². The van der Waals surface area contributed by atoms with Crippen molar-refractivity contribution in [2.24, 2.45) is 0 Å². The molecule has 0 N–H and O–H groups in total. The number of benzene rings is 2. The van der Waals surface area contributed by atoms with E-state index in [0.29, 0.717) is 5.56 Å². The number of hydrogen-bond donors (Lipinski definition) is 0. The Morgan fingerprint density at radius 1 is 0.955 bits per heavy atom. The van der Waals surface area contributed by atoms with Crippen LogP contribution in [0.1, 0.15) is 35.7 Å². The van der Waals surface area contributed by atoms with E-state index in [2.05, 4.69) is 0 Å². The van der Waals surface area contributed by atoms with Gasteiger partial charge in [0.2, 0.25) is 0 Å². The molecule has 1 atom stereocenters. The summed E-state index contributed by atoms with van der Waals surface area (Å²) in [4.78, 5) is 13.0. The molecule has 0 aromatic heterocycles. The van der Waals surface area contributed by atoms with E-state index >= 15 is 0 Å². The lowest BCUT2D eigenvalue weighted by molar-refractivity contribution is 0.00240. The molecular weight excluding hydrogens is 276 g/mol. The first kappa shape index (κ1) is 16.2. The minimum Gasteiger partial charge on any atom is -0.497 e. The van der Waals surface area contributed by atoms with Crippen LogP contribution in [-0.4, -0.2) is 25.6 Å². The summed E-state index contributed by atoms with van der Waals surface area (Å²) in [7, 11) is 3.24. The lowest BCUT2D eigenvalue weighted by Gasteiger charge is -2.32. The summed E-state index contributed by atoms with van der Waals surface area (Å²) in [5.74, 6) is 0.409. The number of rotatable bonds is 6. The number of methoxy groups -OCH3 is 2. The van der Waals surface area contributed by atoms with Crippen LogP contribution in [0.2, 0.25) is 0 Å². The Balaban J connectivity index is 2.42. The average Bonchev–Trinajstić information content (AvgIpc) is 2.56. The summed E-state index contributed by atoms with van der Waals surface area (Å²) in [6.45, 7) is 3.87. The summed E-state index contributed by atoms with van der Waals surface area (Å²) in [5.41, 5.74) is 1.01. The Morgan fingerprint density at radius 2 is 1.55 bits per heavy atom. The topological polar surface area (TPSA) is 35.5 Å². The molecule has 2 rings (SSSR count). The quantitative estimate of drug-likeness (QED) is 0.754. The van der Waals surface area contributed by atoms with Crippen molar-refractivity contribution in [1.29, 1.82) is 0 Å². The van der Waals surface area contributed by atoms with Gasteiger partial charge >= 0.3 is 0 Å². The van der Waals surface area contributed by atoms with Gasteiger partial charge in [0.25, 0.3) is 0 Å². The SMILES string of the molecule is COc1ccc(C(=O)C(c2ccccc2)C(C)(C)OC)cc1. The average molecular weight is 298 g/mol. The van der Waals surface area contributed by atoms with E-state index in [1.54, 1.807) is 38.5 Å². The van der Waals surface area contributed by atoms with Crippen LogP contribution in [0.25, 0.3) is 0 Å². The van der Waals surface area contributed by atoms with E-state index in [9.17, 15) is 4.79 Å². The summed E-state index contributed by atoms with van der Waals surface area (Å²) in [6.07, 6.45) is 0. The molecule has 0 radical (unpaired) electrons. The summed E-state index contributed by atoms with van der Waals surface area (Å²) in [5, 5.41) is 0. The zero-order valence-electron chi connectivity index (χ0n) is 13.5. The van der Waals surface area contributed by atoms with Crippen LogP contribution >= 0.6 is 0 Å². The van der Waals surface area contributed by atoms with Crippen molar-refractivity contribution in [2.75, 3.05) is 14.2 Å². The second-order valence-electron chi connectivity index (χ2n) is 5.74. The Labute approximate surface area is 131 Å². The third-order valence-electron chi connectivity index (χ3n) is 3.99. The van der Waals surface area contributed by atoms with Gasteiger partial charge in [-0.25, -0.2) is 0 Å². The fourth-order valence-electron chi connectivity index (χ4n) is 2.55. The van der Waals surface area contributed by atoms with Crippen molar-refractivity contribution < 1.29 is 14.3 Å². The Kier molecular flexibility index (Phi) is 4.99. The second-order valence-corrected chi connectivity index (χ2v) is 5.74. The highest BCUT2D eigenvalue weighted by molar-refractivity contribution is 6.01. The van der Waals surface area contributed by atoms with Gasteiger partial charge < -0.3 is 9.47 Å². The van der Waals surface area contributed by atoms with Gasteiger partial charge in [-0.15, -0.1) is 0 Å². The molecule has 0 aliphatic rings. The summed E-state index contributed by atoms with van der Waals surface area (Å²) < 4.78 is 10.7. The van der Waals surface area contributed by atoms with Crippen molar-refractivity contribution in [3.63, 3.8) is 0 Å². The standard InChI is InChI=1S/C19H22O3/c1-19(2,22-4)17(14-8-6-5-7-9-14)18(20)15-10-12-16(21-3)13-11-15/h5-13,17H,1-4H3.